The molecule has 0 bridgehead atoms. The highest BCUT2D eigenvalue weighted by Gasteiger charge is 2.27. The van der Waals surface area contributed by atoms with E-state index >= 15 is 0 Å². The summed E-state index contributed by atoms with van der Waals surface area (Å²) in [6, 6.07) is 4.28. The number of hydrogen-bond acceptors (Lipinski definition) is 6. The smallest absolute Gasteiger partial charge is 0.223 e. The van der Waals surface area contributed by atoms with E-state index in [2.05, 4.69) is 55.0 Å². The fourth-order valence-electron chi connectivity index (χ4n) is 3.86. The van der Waals surface area contributed by atoms with Gasteiger partial charge in [0.15, 0.2) is 5.65 Å². The number of nitrogens with zero attached hydrogens (tertiary/aromatic N) is 6. The van der Waals surface area contributed by atoms with E-state index in [9.17, 15) is 0 Å². The second-order valence-corrected chi connectivity index (χ2v) is 8.06. The molecular weight excluding hydrogens is 350 g/mol. The number of likely N-dealkylation sites (N-methyl/N-ethyl adjacent to an activating group) is 1. The van der Waals surface area contributed by atoms with Crippen molar-refractivity contribution in [2.75, 3.05) is 43.4 Å². The number of rotatable bonds is 5. The molecule has 5 rings (SSSR count). The van der Waals surface area contributed by atoms with Crippen LogP contribution in [-0.2, 0) is 6.54 Å². The maximum Gasteiger partial charge on any atom is 0.223 e. The first-order valence-electron chi connectivity index (χ1n) is 10.1. The van der Waals surface area contributed by atoms with Gasteiger partial charge in [-0.3, -0.25) is 0 Å². The fraction of sp³-hybridized carbons (Fsp3) is 0.476. The van der Waals surface area contributed by atoms with E-state index in [-0.39, 0.29) is 0 Å². The predicted octanol–water partition coefficient (Wildman–Crippen LogP) is 2.67. The second-order valence-electron chi connectivity index (χ2n) is 8.06. The topological polar surface area (TPSA) is 61.6 Å². The lowest BCUT2D eigenvalue weighted by Gasteiger charge is -2.34. The molecule has 3 aromatic rings. The van der Waals surface area contributed by atoms with Crippen LogP contribution in [0.1, 0.15) is 35.7 Å². The zero-order valence-electron chi connectivity index (χ0n) is 16.6. The highest BCUT2D eigenvalue weighted by atomic mass is 15.3. The van der Waals surface area contributed by atoms with Gasteiger partial charge in [-0.15, -0.1) is 0 Å². The van der Waals surface area contributed by atoms with Crippen LogP contribution in [0.15, 0.2) is 30.7 Å². The summed E-state index contributed by atoms with van der Waals surface area (Å²) in [7, 11) is 2.19. The van der Waals surface area contributed by atoms with Gasteiger partial charge < -0.3 is 19.5 Å². The molecule has 2 aliphatic rings. The van der Waals surface area contributed by atoms with Gasteiger partial charge in [0, 0.05) is 50.5 Å². The van der Waals surface area contributed by atoms with Crippen molar-refractivity contribution in [2.45, 2.75) is 32.2 Å². The molecule has 1 aliphatic carbocycles. The average Bonchev–Trinajstić information content (AvgIpc) is 3.46. The third-order valence-corrected chi connectivity index (χ3v) is 5.72. The first-order chi connectivity index (χ1) is 13.7. The second kappa shape index (κ2) is 7.05. The first-order valence-corrected chi connectivity index (χ1v) is 10.1. The lowest BCUT2D eigenvalue weighted by Crippen LogP contribution is -2.44. The van der Waals surface area contributed by atoms with Gasteiger partial charge >= 0.3 is 0 Å². The minimum absolute atomic E-state index is 0.617. The molecule has 2 fully saturated rings. The van der Waals surface area contributed by atoms with Crippen molar-refractivity contribution in [3.63, 3.8) is 0 Å². The predicted molar refractivity (Wildman–Crippen MR) is 111 cm³/mol. The Kier molecular flexibility index (Phi) is 4.39. The van der Waals surface area contributed by atoms with E-state index in [0.29, 0.717) is 12.5 Å². The molecule has 0 aromatic carbocycles. The van der Waals surface area contributed by atoms with Gasteiger partial charge in [-0.05, 0) is 50.4 Å². The minimum atomic E-state index is 0.617. The third-order valence-electron chi connectivity index (χ3n) is 5.72. The first kappa shape index (κ1) is 17.4. The van der Waals surface area contributed by atoms with Gasteiger partial charge in [-0.25, -0.2) is 15.0 Å². The summed E-state index contributed by atoms with van der Waals surface area (Å²) in [6.07, 6.45) is 8.81. The highest BCUT2D eigenvalue weighted by Crippen LogP contribution is 2.41. The molecule has 0 atom stereocenters. The normalized spacial score (nSPS) is 18.0. The van der Waals surface area contributed by atoms with Crippen LogP contribution in [0.3, 0.4) is 0 Å². The molecule has 1 aliphatic heterocycles. The van der Waals surface area contributed by atoms with Crippen LogP contribution in [0.2, 0.25) is 0 Å². The summed E-state index contributed by atoms with van der Waals surface area (Å²) in [5, 5.41) is 3.30. The van der Waals surface area contributed by atoms with Crippen molar-refractivity contribution in [3.05, 3.63) is 47.7 Å². The van der Waals surface area contributed by atoms with Crippen LogP contribution >= 0.6 is 0 Å². The maximum absolute atomic E-state index is 4.95. The van der Waals surface area contributed by atoms with Gasteiger partial charge in [0.1, 0.15) is 0 Å². The van der Waals surface area contributed by atoms with Crippen molar-refractivity contribution >= 4 is 17.3 Å². The summed E-state index contributed by atoms with van der Waals surface area (Å²) < 4.78 is 2.22. The molecular formula is C21H27N7. The summed E-state index contributed by atoms with van der Waals surface area (Å²) in [5.41, 5.74) is 5.74. The van der Waals surface area contributed by atoms with Crippen molar-refractivity contribution in [1.82, 2.24) is 24.3 Å². The summed E-state index contributed by atoms with van der Waals surface area (Å²) in [5.74, 6) is 1.37. The molecule has 146 valence electrons. The minimum Gasteiger partial charge on any atom is -0.366 e. The molecule has 7 nitrogen and oxygen atoms in total. The molecule has 1 N–H and O–H groups in total. The molecule has 28 heavy (non-hydrogen) atoms. The molecule has 1 saturated heterocycles. The zero-order valence-corrected chi connectivity index (χ0v) is 16.6. The number of imidazole rings is 1. The number of aromatic nitrogens is 4. The average molecular weight is 377 g/mol. The number of piperazine rings is 1. The Balaban J connectivity index is 1.44. The number of anilines is 2. The molecule has 0 spiro atoms. The van der Waals surface area contributed by atoms with Crippen LogP contribution in [0.25, 0.3) is 5.65 Å². The van der Waals surface area contributed by atoms with Gasteiger partial charge in [-0.1, -0.05) is 0 Å². The van der Waals surface area contributed by atoms with Crippen LogP contribution in [-0.4, -0.2) is 57.5 Å². The Hall–Kier alpha value is -2.67. The fourth-order valence-corrected chi connectivity index (χ4v) is 3.86. The molecule has 0 radical (unpaired) electrons. The number of fused-ring (bicyclic) bond motifs is 1. The Labute approximate surface area is 165 Å². The highest BCUT2D eigenvalue weighted by molar-refractivity contribution is 5.71. The molecule has 3 aromatic heterocycles. The van der Waals surface area contributed by atoms with Gasteiger partial charge in [0.05, 0.1) is 17.9 Å². The number of aryl methyl sites for hydroxylation is 1. The quantitative estimate of drug-likeness (QED) is 0.738. The third kappa shape index (κ3) is 3.54. The van der Waals surface area contributed by atoms with Gasteiger partial charge in [0.2, 0.25) is 5.95 Å². The van der Waals surface area contributed by atoms with Crippen LogP contribution < -0.4 is 10.2 Å². The Morgan fingerprint density at radius 1 is 1.11 bits per heavy atom. The summed E-state index contributed by atoms with van der Waals surface area (Å²) in [4.78, 5) is 18.5. The number of pyridine rings is 1. The summed E-state index contributed by atoms with van der Waals surface area (Å²) >= 11 is 0. The Morgan fingerprint density at radius 3 is 2.68 bits per heavy atom. The van der Waals surface area contributed by atoms with Crippen LogP contribution in [0, 0.1) is 6.92 Å². The maximum atomic E-state index is 4.95. The van der Waals surface area contributed by atoms with Crippen molar-refractivity contribution in [3.8, 4) is 0 Å². The summed E-state index contributed by atoms with van der Waals surface area (Å²) in [6.45, 7) is 6.89. The Bertz CT molecular complexity index is 984. The molecule has 4 heterocycles. The standard InChI is InChI=1S/C21H27N7/c1-15-5-6-22-21(24-15)23-12-18-14-28-13-17(16-3-4-16)11-19(20(28)25-18)27-9-7-26(2)8-10-27/h5-6,11,13-14,16H,3-4,7-10,12H2,1-2H3,(H,22,23,24). The molecule has 1 saturated carbocycles. The van der Waals surface area contributed by atoms with E-state index in [1.807, 2.05) is 13.0 Å². The van der Waals surface area contributed by atoms with Crippen LogP contribution in [0.4, 0.5) is 11.6 Å². The molecule has 7 heteroatoms. The zero-order chi connectivity index (χ0) is 19.1. The number of hydrogen-bond donors (Lipinski definition) is 1. The van der Waals surface area contributed by atoms with E-state index in [1.165, 1.54) is 24.1 Å². The Morgan fingerprint density at radius 2 is 1.93 bits per heavy atom. The van der Waals surface area contributed by atoms with Crippen molar-refractivity contribution in [2.24, 2.45) is 0 Å². The lowest BCUT2D eigenvalue weighted by molar-refractivity contribution is 0.313. The van der Waals surface area contributed by atoms with Crippen molar-refractivity contribution < 1.29 is 0 Å². The lowest BCUT2D eigenvalue weighted by atomic mass is 10.1. The molecule has 0 amide bonds. The van der Waals surface area contributed by atoms with E-state index < -0.39 is 0 Å². The van der Waals surface area contributed by atoms with Crippen molar-refractivity contribution in [1.29, 1.82) is 0 Å². The molecule has 0 unspecified atom stereocenters. The SMILES string of the molecule is Cc1ccnc(NCc2cn3cc(C4CC4)cc(N4CCN(C)CC4)c3n2)n1. The van der Waals surface area contributed by atoms with Crippen LogP contribution in [0.5, 0.6) is 0 Å². The van der Waals surface area contributed by atoms with E-state index in [4.69, 9.17) is 4.98 Å². The van der Waals surface area contributed by atoms with Gasteiger partial charge in [-0.2, -0.15) is 0 Å². The van der Waals surface area contributed by atoms with Gasteiger partial charge in [0.25, 0.3) is 0 Å². The number of nitrogens with one attached hydrogen (secondary N) is 1. The van der Waals surface area contributed by atoms with E-state index in [0.717, 1.165) is 49.1 Å². The monoisotopic (exact) mass is 377 g/mol. The largest absolute Gasteiger partial charge is 0.366 e. The van der Waals surface area contributed by atoms with E-state index in [1.54, 1.807) is 6.20 Å².